The summed E-state index contributed by atoms with van der Waals surface area (Å²) in [6.45, 7) is 5.43. The van der Waals surface area contributed by atoms with Crippen molar-refractivity contribution in [3.05, 3.63) is 30.3 Å². The topological polar surface area (TPSA) is 53.1 Å². The molecule has 0 bridgehead atoms. The maximum atomic E-state index is 12.7. The van der Waals surface area contributed by atoms with Gasteiger partial charge in [0, 0.05) is 51.9 Å². The van der Waals surface area contributed by atoms with Crippen LogP contribution in [0.1, 0.15) is 6.42 Å². The van der Waals surface area contributed by atoms with E-state index in [9.17, 15) is 9.59 Å². The molecule has 0 aliphatic carbocycles. The van der Waals surface area contributed by atoms with Crippen LogP contribution < -0.4 is 4.90 Å². The van der Waals surface area contributed by atoms with E-state index in [1.165, 1.54) is 0 Å². The van der Waals surface area contributed by atoms with E-state index in [4.69, 9.17) is 4.74 Å². The number of anilines is 1. The lowest BCUT2D eigenvalue weighted by Crippen LogP contribution is -2.42. The molecule has 2 aliphatic heterocycles. The summed E-state index contributed by atoms with van der Waals surface area (Å²) in [5.74, 6) is -0.140. The van der Waals surface area contributed by atoms with Gasteiger partial charge in [0.15, 0.2) is 0 Å². The number of hydrogen-bond acceptors (Lipinski definition) is 4. The molecule has 0 radical (unpaired) electrons. The summed E-state index contributed by atoms with van der Waals surface area (Å²) in [5.41, 5.74) is 0.863. The van der Waals surface area contributed by atoms with Gasteiger partial charge in [-0.25, -0.2) is 0 Å². The van der Waals surface area contributed by atoms with Crippen LogP contribution in [-0.2, 0) is 14.3 Å². The second-order valence-electron chi connectivity index (χ2n) is 6.43. The van der Waals surface area contributed by atoms with E-state index >= 15 is 0 Å². The lowest BCUT2D eigenvalue weighted by atomic mass is 10.1. The molecule has 0 spiro atoms. The predicted octanol–water partition coefficient (Wildman–Crippen LogP) is 0.830. The SMILES string of the molecule is CN(C(=O)C1CC(=O)N(CCN2CCOCC2)C1)c1ccccc1. The highest BCUT2D eigenvalue weighted by Gasteiger charge is 2.36. The first-order chi connectivity index (χ1) is 11.6. The lowest BCUT2D eigenvalue weighted by molar-refractivity contribution is -0.128. The molecule has 1 unspecified atom stereocenters. The molecule has 0 saturated carbocycles. The van der Waals surface area contributed by atoms with Crippen LogP contribution in [0.25, 0.3) is 0 Å². The zero-order valence-corrected chi connectivity index (χ0v) is 14.2. The van der Waals surface area contributed by atoms with Gasteiger partial charge in [-0.15, -0.1) is 0 Å². The largest absolute Gasteiger partial charge is 0.379 e. The Kier molecular flexibility index (Phi) is 5.48. The van der Waals surface area contributed by atoms with Crippen molar-refractivity contribution in [2.75, 3.05) is 57.9 Å². The number of carbonyl (C=O) groups excluding carboxylic acids is 2. The van der Waals surface area contributed by atoms with Crippen LogP contribution in [-0.4, -0.2) is 74.6 Å². The Morgan fingerprint density at radius 2 is 1.92 bits per heavy atom. The molecule has 6 heteroatoms. The number of hydrogen-bond donors (Lipinski definition) is 0. The number of amides is 2. The fourth-order valence-corrected chi connectivity index (χ4v) is 3.29. The Labute approximate surface area is 143 Å². The highest BCUT2D eigenvalue weighted by Crippen LogP contribution is 2.22. The summed E-state index contributed by atoms with van der Waals surface area (Å²) in [4.78, 5) is 30.7. The molecule has 2 saturated heterocycles. The summed E-state index contributed by atoms with van der Waals surface area (Å²) in [6, 6.07) is 9.56. The minimum absolute atomic E-state index is 0.0171. The quantitative estimate of drug-likeness (QED) is 0.802. The highest BCUT2D eigenvalue weighted by molar-refractivity contribution is 5.98. The van der Waals surface area contributed by atoms with Crippen molar-refractivity contribution in [1.29, 1.82) is 0 Å². The van der Waals surface area contributed by atoms with E-state index in [1.54, 1.807) is 11.9 Å². The average Bonchev–Trinajstić information content (AvgIpc) is 3.01. The molecule has 2 fully saturated rings. The van der Waals surface area contributed by atoms with Gasteiger partial charge in [0.05, 0.1) is 19.1 Å². The molecule has 6 nitrogen and oxygen atoms in total. The van der Waals surface area contributed by atoms with Crippen LogP contribution >= 0.6 is 0 Å². The third-order valence-corrected chi connectivity index (χ3v) is 4.83. The number of para-hydroxylation sites is 1. The Balaban J connectivity index is 1.53. The van der Waals surface area contributed by atoms with Crippen LogP contribution in [0.5, 0.6) is 0 Å². The molecule has 3 rings (SSSR count). The van der Waals surface area contributed by atoms with Gasteiger partial charge in [-0.1, -0.05) is 18.2 Å². The van der Waals surface area contributed by atoms with Gasteiger partial charge in [-0.2, -0.15) is 0 Å². The monoisotopic (exact) mass is 331 g/mol. The molecule has 130 valence electrons. The molecule has 2 amide bonds. The highest BCUT2D eigenvalue weighted by atomic mass is 16.5. The van der Waals surface area contributed by atoms with Crippen LogP contribution in [0, 0.1) is 5.92 Å². The number of ether oxygens (including phenoxy) is 1. The van der Waals surface area contributed by atoms with E-state index in [0.717, 1.165) is 38.5 Å². The molecule has 1 atom stereocenters. The number of rotatable bonds is 5. The Bertz CT molecular complexity index is 572. The fourth-order valence-electron chi connectivity index (χ4n) is 3.29. The van der Waals surface area contributed by atoms with Crippen molar-refractivity contribution in [2.24, 2.45) is 5.92 Å². The second-order valence-corrected chi connectivity index (χ2v) is 6.43. The third kappa shape index (κ3) is 3.94. The molecule has 1 aromatic carbocycles. The Morgan fingerprint density at radius 1 is 1.21 bits per heavy atom. The van der Waals surface area contributed by atoms with Crippen molar-refractivity contribution in [2.45, 2.75) is 6.42 Å². The molecule has 24 heavy (non-hydrogen) atoms. The first-order valence-corrected chi connectivity index (χ1v) is 8.55. The average molecular weight is 331 g/mol. The van der Waals surface area contributed by atoms with E-state index in [0.29, 0.717) is 19.5 Å². The zero-order valence-electron chi connectivity index (χ0n) is 14.2. The maximum absolute atomic E-state index is 12.7. The van der Waals surface area contributed by atoms with E-state index in [2.05, 4.69) is 4.90 Å². The first-order valence-electron chi connectivity index (χ1n) is 8.55. The van der Waals surface area contributed by atoms with Crippen molar-refractivity contribution in [3.63, 3.8) is 0 Å². The number of morpholine rings is 1. The van der Waals surface area contributed by atoms with Gasteiger partial charge in [0.2, 0.25) is 11.8 Å². The minimum atomic E-state index is -0.243. The number of carbonyl (C=O) groups is 2. The minimum Gasteiger partial charge on any atom is -0.379 e. The maximum Gasteiger partial charge on any atom is 0.232 e. The predicted molar refractivity (Wildman–Crippen MR) is 91.8 cm³/mol. The zero-order chi connectivity index (χ0) is 16.9. The fraction of sp³-hybridized carbons (Fsp3) is 0.556. The normalized spacial score (nSPS) is 22.0. The molecule has 0 aromatic heterocycles. The Morgan fingerprint density at radius 3 is 2.62 bits per heavy atom. The van der Waals surface area contributed by atoms with Crippen molar-refractivity contribution in [1.82, 2.24) is 9.80 Å². The molecule has 2 aliphatic rings. The number of benzene rings is 1. The summed E-state index contributed by atoms with van der Waals surface area (Å²) >= 11 is 0. The van der Waals surface area contributed by atoms with E-state index in [1.807, 2.05) is 35.2 Å². The molecule has 1 aromatic rings. The van der Waals surface area contributed by atoms with Gasteiger partial charge in [0.25, 0.3) is 0 Å². The Hall–Kier alpha value is -1.92. The van der Waals surface area contributed by atoms with Crippen molar-refractivity contribution in [3.8, 4) is 0 Å². The molecular formula is C18H25N3O3. The second kappa shape index (κ2) is 7.77. The molecule has 2 heterocycles. The molecule has 0 N–H and O–H groups in total. The van der Waals surface area contributed by atoms with Gasteiger partial charge >= 0.3 is 0 Å². The number of nitrogens with zero attached hydrogens (tertiary/aromatic N) is 3. The van der Waals surface area contributed by atoms with Crippen molar-refractivity contribution >= 4 is 17.5 Å². The van der Waals surface area contributed by atoms with E-state index in [-0.39, 0.29) is 17.7 Å². The standard InChI is InChI=1S/C18H25N3O3/c1-19(16-5-3-2-4-6-16)18(23)15-13-17(22)21(14-15)8-7-20-9-11-24-12-10-20/h2-6,15H,7-14H2,1H3. The van der Waals surface area contributed by atoms with E-state index < -0.39 is 0 Å². The first kappa shape index (κ1) is 16.9. The number of likely N-dealkylation sites (tertiary alicyclic amines) is 1. The summed E-state index contributed by atoms with van der Waals surface area (Å²) in [7, 11) is 1.78. The van der Waals surface area contributed by atoms with Gasteiger partial charge in [0.1, 0.15) is 0 Å². The van der Waals surface area contributed by atoms with Gasteiger partial charge in [-0.05, 0) is 12.1 Å². The van der Waals surface area contributed by atoms with Crippen molar-refractivity contribution < 1.29 is 14.3 Å². The summed E-state index contributed by atoms with van der Waals surface area (Å²) < 4.78 is 5.34. The van der Waals surface area contributed by atoms with Crippen LogP contribution in [0.15, 0.2) is 30.3 Å². The van der Waals surface area contributed by atoms with Crippen LogP contribution in [0.4, 0.5) is 5.69 Å². The summed E-state index contributed by atoms with van der Waals surface area (Å²) in [6.07, 6.45) is 0.319. The van der Waals surface area contributed by atoms with Gasteiger partial charge < -0.3 is 14.5 Å². The third-order valence-electron chi connectivity index (χ3n) is 4.83. The summed E-state index contributed by atoms with van der Waals surface area (Å²) in [5, 5.41) is 0. The van der Waals surface area contributed by atoms with Crippen LogP contribution in [0.2, 0.25) is 0 Å². The lowest BCUT2D eigenvalue weighted by Gasteiger charge is -2.28. The smallest absolute Gasteiger partial charge is 0.232 e. The van der Waals surface area contributed by atoms with Gasteiger partial charge in [-0.3, -0.25) is 14.5 Å². The molecular weight excluding hydrogens is 306 g/mol. The van der Waals surface area contributed by atoms with Crippen LogP contribution in [0.3, 0.4) is 0 Å².